The van der Waals surface area contributed by atoms with Gasteiger partial charge in [-0.25, -0.2) is 0 Å². The molecule has 168 valence electrons. The second-order valence-corrected chi connectivity index (χ2v) is 9.47. The minimum atomic E-state index is 0.180. The molecular weight excluding hydrogens is 396 g/mol. The summed E-state index contributed by atoms with van der Waals surface area (Å²) in [5, 5.41) is 4.71. The number of aromatic nitrogens is 2. The number of likely N-dealkylation sites (tertiary alicyclic amines) is 1. The molecule has 0 bridgehead atoms. The standard InChI is InChI=1S/C27H34N4O/c1-3-23-24-16-20(6-7-25(24)30-26(23)21-8-12-29-18(2)15-21)19-9-13-31(14-10-19)27(32)22-5-4-11-28-17-22/h6-8,12,15-16,19,22,28,30H,3-5,9-11,13-14,17H2,1-2H3. The highest BCUT2D eigenvalue weighted by Gasteiger charge is 2.29. The zero-order valence-corrected chi connectivity index (χ0v) is 19.3. The summed E-state index contributed by atoms with van der Waals surface area (Å²) in [6.45, 7) is 7.94. The first-order valence-corrected chi connectivity index (χ1v) is 12.2. The fourth-order valence-corrected chi connectivity index (χ4v) is 5.59. The molecule has 32 heavy (non-hydrogen) atoms. The predicted molar refractivity (Wildman–Crippen MR) is 130 cm³/mol. The topological polar surface area (TPSA) is 61.0 Å². The summed E-state index contributed by atoms with van der Waals surface area (Å²) >= 11 is 0. The average Bonchev–Trinajstić information content (AvgIpc) is 3.22. The van der Waals surface area contributed by atoms with Crippen molar-refractivity contribution in [3.8, 4) is 11.3 Å². The van der Waals surface area contributed by atoms with Gasteiger partial charge in [0.05, 0.1) is 5.92 Å². The Hall–Kier alpha value is -2.66. The first-order chi connectivity index (χ1) is 15.6. The Bertz CT molecular complexity index is 1100. The molecule has 1 aromatic carbocycles. The van der Waals surface area contributed by atoms with Crippen LogP contribution in [0.1, 0.15) is 55.3 Å². The van der Waals surface area contributed by atoms with Gasteiger partial charge in [0.25, 0.3) is 0 Å². The van der Waals surface area contributed by atoms with Crippen molar-refractivity contribution in [1.29, 1.82) is 0 Å². The highest BCUT2D eigenvalue weighted by atomic mass is 16.2. The van der Waals surface area contributed by atoms with Crippen molar-refractivity contribution < 1.29 is 4.79 Å². The van der Waals surface area contributed by atoms with E-state index < -0.39 is 0 Å². The summed E-state index contributed by atoms with van der Waals surface area (Å²) < 4.78 is 0. The maximum atomic E-state index is 12.9. The van der Waals surface area contributed by atoms with E-state index >= 15 is 0 Å². The van der Waals surface area contributed by atoms with E-state index in [-0.39, 0.29) is 5.92 Å². The average molecular weight is 431 g/mol. The van der Waals surface area contributed by atoms with E-state index in [9.17, 15) is 4.79 Å². The van der Waals surface area contributed by atoms with Gasteiger partial charge < -0.3 is 15.2 Å². The lowest BCUT2D eigenvalue weighted by Crippen LogP contribution is -2.45. The Balaban J connectivity index is 1.35. The van der Waals surface area contributed by atoms with Gasteiger partial charge in [0.2, 0.25) is 5.91 Å². The molecule has 2 aromatic heterocycles. The number of hydrogen-bond donors (Lipinski definition) is 2. The van der Waals surface area contributed by atoms with Crippen LogP contribution in [0.4, 0.5) is 0 Å². The van der Waals surface area contributed by atoms with E-state index in [1.165, 1.54) is 33.3 Å². The Morgan fingerprint density at radius 3 is 2.72 bits per heavy atom. The third kappa shape index (κ3) is 4.06. The molecule has 2 N–H and O–H groups in total. The third-order valence-electron chi connectivity index (χ3n) is 7.39. The summed E-state index contributed by atoms with van der Waals surface area (Å²) in [6, 6.07) is 11.2. The van der Waals surface area contributed by atoms with Gasteiger partial charge in [-0.1, -0.05) is 13.0 Å². The van der Waals surface area contributed by atoms with Crippen LogP contribution < -0.4 is 5.32 Å². The molecule has 5 nitrogen and oxygen atoms in total. The van der Waals surface area contributed by atoms with Gasteiger partial charge >= 0.3 is 0 Å². The maximum Gasteiger partial charge on any atom is 0.226 e. The van der Waals surface area contributed by atoms with E-state index in [1.54, 1.807) is 0 Å². The molecule has 2 aliphatic rings. The quantitative estimate of drug-likeness (QED) is 0.625. The molecule has 2 saturated heterocycles. The highest BCUT2D eigenvalue weighted by molar-refractivity contribution is 5.91. The minimum Gasteiger partial charge on any atom is -0.354 e. The van der Waals surface area contributed by atoms with Gasteiger partial charge in [-0.15, -0.1) is 0 Å². The van der Waals surface area contributed by atoms with Crippen molar-refractivity contribution in [3.63, 3.8) is 0 Å². The van der Waals surface area contributed by atoms with Gasteiger partial charge in [0.1, 0.15) is 0 Å². The van der Waals surface area contributed by atoms with Crippen LogP contribution >= 0.6 is 0 Å². The smallest absolute Gasteiger partial charge is 0.226 e. The molecule has 1 amide bonds. The van der Waals surface area contributed by atoms with E-state index in [2.05, 4.69) is 57.4 Å². The monoisotopic (exact) mass is 430 g/mol. The van der Waals surface area contributed by atoms with Gasteiger partial charge in [-0.3, -0.25) is 9.78 Å². The van der Waals surface area contributed by atoms with Crippen LogP contribution in [0.3, 0.4) is 0 Å². The van der Waals surface area contributed by atoms with Crippen LogP contribution in [-0.4, -0.2) is 47.0 Å². The van der Waals surface area contributed by atoms with Crippen LogP contribution in [0.2, 0.25) is 0 Å². The van der Waals surface area contributed by atoms with Crippen molar-refractivity contribution in [2.75, 3.05) is 26.2 Å². The molecule has 2 aliphatic heterocycles. The number of hydrogen-bond acceptors (Lipinski definition) is 3. The lowest BCUT2D eigenvalue weighted by molar-refractivity contribution is -0.137. The molecule has 5 rings (SSSR count). The van der Waals surface area contributed by atoms with Gasteiger partial charge in [0.15, 0.2) is 0 Å². The summed E-state index contributed by atoms with van der Waals surface area (Å²) in [5.41, 5.74) is 7.45. The SMILES string of the molecule is CCc1c(-c2ccnc(C)c2)[nH]c2ccc(C3CCN(C(=O)C4CCCNC4)CC3)cc12. The molecule has 0 radical (unpaired) electrons. The number of H-pyrrole nitrogens is 1. The molecule has 3 aromatic rings. The number of amides is 1. The lowest BCUT2D eigenvalue weighted by atomic mass is 9.87. The zero-order chi connectivity index (χ0) is 22.1. The van der Waals surface area contributed by atoms with Crippen LogP contribution in [0.25, 0.3) is 22.2 Å². The molecular formula is C27H34N4O. The Labute approximate surface area is 190 Å². The normalized spacial score (nSPS) is 20.1. The summed E-state index contributed by atoms with van der Waals surface area (Å²) in [5.74, 6) is 1.07. The fourth-order valence-electron chi connectivity index (χ4n) is 5.59. The molecule has 0 spiro atoms. The predicted octanol–water partition coefficient (Wildman–Crippen LogP) is 4.81. The zero-order valence-electron chi connectivity index (χ0n) is 19.3. The Kier molecular flexibility index (Phi) is 6.01. The number of benzene rings is 1. The molecule has 0 saturated carbocycles. The number of fused-ring (bicyclic) bond motifs is 1. The van der Waals surface area contributed by atoms with Gasteiger partial charge in [-0.05, 0) is 86.9 Å². The minimum absolute atomic E-state index is 0.180. The number of aromatic amines is 1. The maximum absolute atomic E-state index is 12.9. The van der Waals surface area contributed by atoms with Crippen molar-refractivity contribution in [2.45, 2.75) is 51.9 Å². The number of carbonyl (C=O) groups is 1. The van der Waals surface area contributed by atoms with E-state index in [0.29, 0.717) is 11.8 Å². The largest absolute Gasteiger partial charge is 0.354 e. The number of nitrogens with zero attached hydrogens (tertiary/aromatic N) is 2. The molecule has 2 fully saturated rings. The number of nitrogens with one attached hydrogen (secondary N) is 2. The van der Waals surface area contributed by atoms with Crippen molar-refractivity contribution in [2.24, 2.45) is 5.92 Å². The van der Waals surface area contributed by atoms with E-state index in [0.717, 1.165) is 64.0 Å². The molecule has 5 heteroatoms. The molecule has 0 aliphatic carbocycles. The Morgan fingerprint density at radius 1 is 1.16 bits per heavy atom. The van der Waals surface area contributed by atoms with Gasteiger partial charge in [-0.2, -0.15) is 0 Å². The summed E-state index contributed by atoms with van der Waals surface area (Å²) in [4.78, 5) is 23.0. The first kappa shape index (κ1) is 21.2. The second-order valence-electron chi connectivity index (χ2n) is 9.47. The molecule has 1 atom stereocenters. The van der Waals surface area contributed by atoms with Crippen molar-refractivity contribution >= 4 is 16.8 Å². The van der Waals surface area contributed by atoms with Crippen molar-refractivity contribution in [3.05, 3.63) is 53.3 Å². The van der Waals surface area contributed by atoms with E-state index in [1.807, 2.05) is 13.1 Å². The van der Waals surface area contributed by atoms with Crippen LogP contribution in [0.15, 0.2) is 36.5 Å². The van der Waals surface area contributed by atoms with E-state index in [4.69, 9.17) is 0 Å². The number of rotatable bonds is 4. The third-order valence-corrected chi connectivity index (χ3v) is 7.39. The number of piperidine rings is 2. The van der Waals surface area contributed by atoms with Crippen LogP contribution in [-0.2, 0) is 11.2 Å². The van der Waals surface area contributed by atoms with Crippen LogP contribution in [0.5, 0.6) is 0 Å². The number of aryl methyl sites for hydroxylation is 2. The summed E-state index contributed by atoms with van der Waals surface area (Å²) in [6.07, 6.45) is 7.14. The second kappa shape index (κ2) is 9.07. The summed E-state index contributed by atoms with van der Waals surface area (Å²) in [7, 11) is 0. The fraction of sp³-hybridized carbons (Fsp3) is 0.481. The number of carbonyl (C=O) groups excluding carboxylic acids is 1. The molecule has 4 heterocycles. The van der Waals surface area contributed by atoms with Crippen molar-refractivity contribution in [1.82, 2.24) is 20.2 Å². The van der Waals surface area contributed by atoms with Gasteiger partial charge in [0, 0.05) is 53.7 Å². The highest BCUT2D eigenvalue weighted by Crippen LogP contribution is 2.35. The van der Waals surface area contributed by atoms with Crippen LogP contribution in [0, 0.1) is 12.8 Å². The Morgan fingerprint density at radius 2 is 2.00 bits per heavy atom. The lowest BCUT2D eigenvalue weighted by Gasteiger charge is -2.35. The number of pyridine rings is 1. The first-order valence-electron chi connectivity index (χ1n) is 12.2. The molecule has 1 unspecified atom stereocenters.